The molecule has 0 radical (unpaired) electrons. The van der Waals surface area contributed by atoms with Gasteiger partial charge < -0.3 is 5.32 Å². The van der Waals surface area contributed by atoms with Crippen LogP contribution in [0.5, 0.6) is 0 Å². The minimum atomic E-state index is 0.542. The molecule has 0 aromatic carbocycles. The highest BCUT2D eigenvalue weighted by atomic mass is 35.5. The van der Waals surface area contributed by atoms with Crippen LogP contribution in [0.25, 0.3) is 0 Å². The molecule has 0 unspecified atom stereocenters. The van der Waals surface area contributed by atoms with E-state index in [1.54, 1.807) is 0 Å². The van der Waals surface area contributed by atoms with Gasteiger partial charge in [-0.15, -0.1) is 0 Å². The smallest absolute Gasteiger partial charge is 0.130 e. The summed E-state index contributed by atoms with van der Waals surface area (Å²) in [6.45, 7) is 0.954. The zero-order valence-corrected chi connectivity index (χ0v) is 9.93. The van der Waals surface area contributed by atoms with Crippen LogP contribution in [0.3, 0.4) is 0 Å². The van der Waals surface area contributed by atoms with E-state index >= 15 is 0 Å². The average molecular weight is 228 g/mol. The van der Waals surface area contributed by atoms with Crippen molar-refractivity contribution in [2.24, 2.45) is 0 Å². The van der Waals surface area contributed by atoms with E-state index in [0.29, 0.717) is 6.04 Å². The van der Waals surface area contributed by atoms with E-state index in [-0.39, 0.29) is 0 Å². The second kappa shape index (κ2) is 4.99. The highest BCUT2D eigenvalue weighted by molar-refractivity contribution is 6.30. The molecule has 0 bridgehead atoms. The van der Waals surface area contributed by atoms with Crippen LogP contribution >= 0.6 is 11.6 Å². The Bertz CT molecular complexity index is 316. The molecular weight excluding hydrogens is 210 g/mol. The van der Waals surface area contributed by atoms with Crippen LogP contribution in [0.1, 0.15) is 37.3 Å². The second-order valence-corrected chi connectivity index (χ2v) is 4.56. The van der Waals surface area contributed by atoms with Crippen molar-refractivity contribution in [2.75, 3.05) is 13.6 Å². The topological polar surface area (TPSA) is 29.9 Å². The van der Waals surface area contributed by atoms with Gasteiger partial charge in [-0.05, 0) is 32.9 Å². The van der Waals surface area contributed by atoms with E-state index in [2.05, 4.69) is 10.4 Å². The van der Waals surface area contributed by atoms with Gasteiger partial charge >= 0.3 is 0 Å². The SMILES string of the molecule is CNCCc1cnn(C2CCCC2)c1Cl. The van der Waals surface area contributed by atoms with Gasteiger partial charge in [-0.25, -0.2) is 0 Å². The van der Waals surface area contributed by atoms with Gasteiger partial charge in [0.2, 0.25) is 0 Å². The van der Waals surface area contributed by atoms with Gasteiger partial charge in [-0.3, -0.25) is 4.68 Å². The average Bonchev–Trinajstić information content (AvgIpc) is 2.84. The van der Waals surface area contributed by atoms with Crippen molar-refractivity contribution < 1.29 is 0 Å². The third-order valence-electron chi connectivity index (χ3n) is 3.12. The van der Waals surface area contributed by atoms with Crippen molar-refractivity contribution in [1.82, 2.24) is 15.1 Å². The van der Waals surface area contributed by atoms with Crippen LogP contribution in [-0.4, -0.2) is 23.4 Å². The molecule has 4 heteroatoms. The number of hydrogen-bond acceptors (Lipinski definition) is 2. The van der Waals surface area contributed by atoms with Gasteiger partial charge in [0.25, 0.3) is 0 Å². The molecule has 1 aromatic rings. The van der Waals surface area contributed by atoms with Gasteiger partial charge in [0.1, 0.15) is 5.15 Å². The summed E-state index contributed by atoms with van der Waals surface area (Å²) in [5.74, 6) is 0. The Kier molecular flexibility index (Phi) is 3.65. The van der Waals surface area contributed by atoms with Crippen molar-refractivity contribution in [1.29, 1.82) is 0 Å². The first kappa shape index (κ1) is 11.0. The molecule has 1 aliphatic carbocycles. The van der Waals surface area contributed by atoms with Crippen LogP contribution in [-0.2, 0) is 6.42 Å². The molecule has 1 heterocycles. The lowest BCUT2D eigenvalue weighted by atomic mass is 10.2. The number of nitrogens with zero attached hydrogens (tertiary/aromatic N) is 2. The zero-order chi connectivity index (χ0) is 10.7. The van der Waals surface area contributed by atoms with E-state index in [4.69, 9.17) is 11.6 Å². The molecule has 1 aromatic heterocycles. The third-order valence-corrected chi connectivity index (χ3v) is 3.53. The van der Waals surface area contributed by atoms with Crippen LogP contribution in [0.4, 0.5) is 0 Å². The summed E-state index contributed by atoms with van der Waals surface area (Å²) in [4.78, 5) is 0. The monoisotopic (exact) mass is 227 g/mol. The predicted molar refractivity (Wildman–Crippen MR) is 62.4 cm³/mol. The number of hydrogen-bond donors (Lipinski definition) is 1. The fourth-order valence-corrected chi connectivity index (χ4v) is 2.54. The van der Waals surface area contributed by atoms with E-state index in [1.807, 2.05) is 17.9 Å². The zero-order valence-electron chi connectivity index (χ0n) is 9.17. The lowest BCUT2D eigenvalue weighted by molar-refractivity contribution is 0.467. The molecule has 3 nitrogen and oxygen atoms in total. The van der Waals surface area contributed by atoms with Crippen molar-refractivity contribution in [3.05, 3.63) is 16.9 Å². The van der Waals surface area contributed by atoms with Crippen molar-refractivity contribution in [3.8, 4) is 0 Å². The molecular formula is C11H18ClN3. The number of nitrogens with one attached hydrogen (secondary N) is 1. The summed E-state index contributed by atoms with van der Waals surface area (Å²) in [6, 6.07) is 0.542. The highest BCUT2D eigenvalue weighted by Crippen LogP contribution is 2.32. The van der Waals surface area contributed by atoms with Gasteiger partial charge in [0.15, 0.2) is 0 Å². The van der Waals surface area contributed by atoms with Crippen molar-refractivity contribution in [2.45, 2.75) is 38.1 Å². The summed E-state index contributed by atoms with van der Waals surface area (Å²) in [6.07, 6.45) is 7.96. The third kappa shape index (κ3) is 2.34. The van der Waals surface area contributed by atoms with E-state index in [1.165, 1.54) is 25.7 Å². The first-order valence-corrected chi connectivity index (χ1v) is 6.07. The predicted octanol–water partition coefficient (Wildman–Crippen LogP) is 2.41. The molecule has 2 rings (SSSR count). The Labute approximate surface area is 95.8 Å². The molecule has 1 fully saturated rings. The number of likely N-dealkylation sites (N-methyl/N-ethyl adjacent to an activating group) is 1. The molecule has 0 aliphatic heterocycles. The highest BCUT2D eigenvalue weighted by Gasteiger charge is 2.20. The Morgan fingerprint density at radius 2 is 2.27 bits per heavy atom. The van der Waals surface area contributed by atoms with E-state index in [9.17, 15) is 0 Å². The number of aromatic nitrogens is 2. The molecule has 84 valence electrons. The fourth-order valence-electron chi connectivity index (χ4n) is 2.21. The van der Waals surface area contributed by atoms with Crippen LogP contribution in [0, 0.1) is 0 Å². The minimum Gasteiger partial charge on any atom is -0.319 e. The Hall–Kier alpha value is -0.540. The van der Waals surface area contributed by atoms with E-state index in [0.717, 1.165) is 23.7 Å². The fraction of sp³-hybridized carbons (Fsp3) is 0.727. The largest absolute Gasteiger partial charge is 0.319 e. The molecule has 1 N–H and O–H groups in total. The normalized spacial score (nSPS) is 17.5. The Balaban J connectivity index is 2.08. The summed E-state index contributed by atoms with van der Waals surface area (Å²) < 4.78 is 2.01. The first-order chi connectivity index (χ1) is 7.33. The van der Waals surface area contributed by atoms with Crippen molar-refractivity contribution in [3.63, 3.8) is 0 Å². The lowest BCUT2D eigenvalue weighted by Gasteiger charge is -2.11. The number of rotatable bonds is 4. The Morgan fingerprint density at radius 1 is 1.53 bits per heavy atom. The molecule has 1 saturated carbocycles. The molecule has 0 atom stereocenters. The lowest BCUT2D eigenvalue weighted by Crippen LogP contribution is -2.11. The number of halogens is 1. The maximum atomic E-state index is 6.31. The van der Waals surface area contributed by atoms with Gasteiger partial charge in [-0.1, -0.05) is 24.4 Å². The minimum absolute atomic E-state index is 0.542. The first-order valence-electron chi connectivity index (χ1n) is 5.69. The quantitative estimate of drug-likeness (QED) is 0.856. The van der Waals surface area contributed by atoms with Gasteiger partial charge in [0, 0.05) is 5.56 Å². The van der Waals surface area contributed by atoms with Gasteiger partial charge in [0.05, 0.1) is 12.2 Å². The second-order valence-electron chi connectivity index (χ2n) is 4.20. The molecule has 15 heavy (non-hydrogen) atoms. The van der Waals surface area contributed by atoms with Crippen molar-refractivity contribution >= 4 is 11.6 Å². The summed E-state index contributed by atoms with van der Waals surface area (Å²) in [5.41, 5.74) is 1.16. The molecule has 1 aliphatic rings. The van der Waals surface area contributed by atoms with Gasteiger partial charge in [-0.2, -0.15) is 5.10 Å². The summed E-state index contributed by atoms with van der Waals surface area (Å²) in [7, 11) is 1.95. The molecule has 0 spiro atoms. The molecule has 0 saturated heterocycles. The Morgan fingerprint density at radius 3 is 2.93 bits per heavy atom. The van der Waals surface area contributed by atoms with Crippen LogP contribution < -0.4 is 5.32 Å². The van der Waals surface area contributed by atoms with E-state index < -0.39 is 0 Å². The summed E-state index contributed by atoms with van der Waals surface area (Å²) >= 11 is 6.31. The molecule has 0 amide bonds. The maximum absolute atomic E-state index is 6.31. The standard InChI is InChI=1S/C11H18ClN3/c1-13-7-6-9-8-14-15(11(9)12)10-4-2-3-5-10/h8,10,13H,2-7H2,1H3. The summed E-state index contributed by atoms with van der Waals surface area (Å²) in [5, 5.41) is 8.38. The maximum Gasteiger partial charge on any atom is 0.130 e. The van der Waals surface area contributed by atoms with Crippen LogP contribution in [0.2, 0.25) is 5.15 Å². The van der Waals surface area contributed by atoms with Crippen LogP contribution in [0.15, 0.2) is 6.20 Å².